The Morgan fingerprint density at radius 3 is 2.36 bits per heavy atom. The number of likely N-dealkylation sites (tertiary alicyclic amines) is 1. The Bertz CT molecular complexity index is 212. The molecule has 2 rings (SSSR count). The molecular formula is C12H26N2. The summed E-state index contributed by atoms with van der Waals surface area (Å²) in [6.45, 7) is 11.7. The first-order chi connectivity index (χ1) is 6.53. The van der Waals surface area contributed by atoms with E-state index in [1.165, 1.54) is 25.9 Å². The number of hydrogen-bond donors (Lipinski definition) is 1. The highest BCUT2D eigenvalue weighted by Crippen LogP contribution is 2.53. The number of nitrogens with zero attached hydrogens (tertiary/aromatic N) is 1. The molecule has 84 valence electrons. The summed E-state index contributed by atoms with van der Waals surface area (Å²) in [6, 6.07) is 2.10. The summed E-state index contributed by atoms with van der Waals surface area (Å²) < 4.78 is 0. The lowest BCUT2D eigenvalue weighted by Gasteiger charge is -2.22. The van der Waals surface area contributed by atoms with Crippen LogP contribution in [0.15, 0.2) is 0 Å². The predicted octanol–water partition coefficient (Wildman–Crippen LogP) is 2.10. The molecule has 1 heterocycles. The third kappa shape index (κ3) is 1.82. The maximum absolute atomic E-state index is 3.74. The van der Waals surface area contributed by atoms with Crippen LogP contribution < -0.4 is 5.32 Å². The largest absolute Gasteiger partial charge is 0.310 e. The second-order valence-electron chi connectivity index (χ2n) is 5.76. The Morgan fingerprint density at radius 1 is 1.29 bits per heavy atom. The molecule has 0 unspecified atom stereocenters. The highest BCUT2D eigenvalue weighted by Gasteiger charge is 2.55. The van der Waals surface area contributed by atoms with Crippen molar-refractivity contribution < 1.29 is 1.43 Å². The molecule has 1 aliphatic heterocycles. The van der Waals surface area contributed by atoms with Crippen molar-refractivity contribution in [2.24, 2.45) is 5.41 Å². The van der Waals surface area contributed by atoms with Gasteiger partial charge < -0.3 is 5.32 Å². The van der Waals surface area contributed by atoms with Crippen molar-refractivity contribution in [3.05, 3.63) is 0 Å². The quantitative estimate of drug-likeness (QED) is 0.747. The molecule has 0 bridgehead atoms. The zero-order valence-corrected chi connectivity index (χ0v) is 10.0. The van der Waals surface area contributed by atoms with E-state index in [1.807, 2.05) is 0 Å². The summed E-state index contributed by atoms with van der Waals surface area (Å²) >= 11 is 0. The SMILES string of the molecule is CC(C)N[C@H]1CN(C(C)C)CC12CC2.[HH]. The van der Waals surface area contributed by atoms with Gasteiger partial charge in [-0.15, -0.1) is 0 Å². The van der Waals surface area contributed by atoms with Gasteiger partial charge in [-0.3, -0.25) is 4.90 Å². The molecule has 2 heteroatoms. The fourth-order valence-electron chi connectivity index (χ4n) is 2.70. The van der Waals surface area contributed by atoms with Gasteiger partial charge in [-0.1, -0.05) is 13.8 Å². The molecule has 1 aliphatic carbocycles. The molecular weight excluding hydrogens is 172 g/mol. The van der Waals surface area contributed by atoms with Crippen LogP contribution in [0.25, 0.3) is 0 Å². The standard InChI is InChI=1S/C12H24N2.H2/c1-9(2)13-11-7-14(10(3)4)8-12(11)5-6-12;/h9-11,13H,5-8H2,1-4H3;1H/t11-;/m0./s1. The third-order valence-corrected chi connectivity index (χ3v) is 3.83. The molecule has 2 aliphatic rings. The van der Waals surface area contributed by atoms with Gasteiger partial charge in [0.1, 0.15) is 0 Å². The first-order valence-electron chi connectivity index (χ1n) is 6.03. The predicted molar refractivity (Wildman–Crippen MR) is 62.5 cm³/mol. The van der Waals surface area contributed by atoms with Gasteiger partial charge in [0, 0.05) is 32.6 Å². The van der Waals surface area contributed by atoms with Crippen LogP contribution in [0.1, 0.15) is 42.0 Å². The lowest BCUT2D eigenvalue weighted by atomic mass is 10.0. The topological polar surface area (TPSA) is 15.3 Å². The summed E-state index contributed by atoms with van der Waals surface area (Å²) in [5.74, 6) is 0. The van der Waals surface area contributed by atoms with Crippen molar-refractivity contribution in [2.45, 2.75) is 58.7 Å². The molecule has 0 amide bonds. The smallest absolute Gasteiger partial charge is 0.0266 e. The van der Waals surface area contributed by atoms with Gasteiger partial charge in [-0.25, -0.2) is 0 Å². The lowest BCUT2D eigenvalue weighted by Crippen LogP contribution is -2.41. The summed E-state index contributed by atoms with van der Waals surface area (Å²) in [7, 11) is 0. The summed E-state index contributed by atoms with van der Waals surface area (Å²) in [5, 5.41) is 3.74. The van der Waals surface area contributed by atoms with Crippen LogP contribution in [0.4, 0.5) is 0 Å². The second kappa shape index (κ2) is 3.49. The molecule has 1 saturated heterocycles. The minimum Gasteiger partial charge on any atom is -0.310 e. The van der Waals surface area contributed by atoms with Gasteiger partial charge in [0.2, 0.25) is 0 Å². The number of hydrogen-bond acceptors (Lipinski definition) is 2. The lowest BCUT2D eigenvalue weighted by molar-refractivity contribution is 0.260. The average molecular weight is 198 g/mol. The minimum absolute atomic E-state index is 0. The molecule has 1 atom stereocenters. The van der Waals surface area contributed by atoms with Crippen molar-refractivity contribution in [3.8, 4) is 0 Å². The van der Waals surface area contributed by atoms with E-state index in [9.17, 15) is 0 Å². The molecule has 2 fully saturated rings. The first-order valence-corrected chi connectivity index (χ1v) is 6.03. The van der Waals surface area contributed by atoms with Crippen molar-refractivity contribution in [1.29, 1.82) is 0 Å². The van der Waals surface area contributed by atoms with Gasteiger partial charge in [-0.2, -0.15) is 0 Å². The molecule has 2 nitrogen and oxygen atoms in total. The van der Waals surface area contributed by atoms with E-state index in [2.05, 4.69) is 37.9 Å². The molecule has 0 aromatic heterocycles. The summed E-state index contributed by atoms with van der Waals surface area (Å²) in [5.41, 5.74) is 0.661. The minimum atomic E-state index is 0. The van der Waals surface area contributed by atoms with Gasteiger partial charge in [0.15, 0.2) is 0 Å². The number of rotatable bonds is 3. The van der Waals surface area contributed by atoms with Crippen molar-refractivity contribution in [3.63, 3.8) is 0 Å². The molecule has 0 radical (unpaired) electrons. The Labute approximate surface area is 89.5 Å². The normalized spacial score (nSPS) is 30.9. The van der Waals surface area contributed by atoms with Crippen LogP contribution in [-0.2, 0) is 0 Å². The monoisotopic (exact) mass is 198 g/mol. The van der Waals surface area contributed by atoms with Crippen LogP contribution in [0.2, 0.25) is 0 Å². The van der Waals surface area contributed by atoms with E-state index in [1.54, 1.807) is 0 Å². The van der Waals surface area contributed by atoms with Gasteiger partial charge in [0.05, 0.1) is 0 Å². The zero-order valence-electron chi connectivity index (χ0n) is 10.0. The van der Waals surface area contributed by atoms with Gasteiger partial charge >= 0.3 is 0 Å². The van der Waals surface area contributed by atoms with Gasteiger partial charge in [-0.05, 0) is 32.1 Å². The van der Waals surface area contributed by atoms with E-state index >= 15 is 0 Å². The van der Waals surface area contributed by atoms with E-state index < -0.39 is 0 Å². The van der Waals surface area contributed by atoms with Crippen LogP contribution in [0.3, 0.4) is 0 Å². The van der Waals surface area contributed by atoms with Crippen LogP contribution in [0.5, 0.6) is 0 Å². The Hall–Kier alpha value is -0.0800. The van der Waals surface area contributed by atoms with E-state index in [4.69, 9.17) is 0 Å². The Morgan fingerprint density at radius 2 is 1.93 bits per heavy atom. The summed E-state index contributed by atoms with van der Waals surface area (Å²) in [6.07, 6.45) is 2.89. The van der Waals surface area contributed by atoms with E-state index in [0.717, 1.165) is 6.04 Å². The maximum atomic E-state index is 3.74. The Kier molecular flexibility index (Phi) is 2.61. The molecule has 14 heavy (non-hydrogen) atoms. The zero-order chi connectivity index (χ0) is 10.3. The molecule has 1 saturated carbocycles. The fraction of sp³-hybridized carbons (Fsp3) is 1.00. The van der Waals surface area contributed by atoms with Crippen molar-refractivity contribution in [2.75, 3.05) is 13.1 Å². The fourth-order valence-corrected chi connectivity index (χ4v) is 2.70. The van der Waals surface area contributed by atoms with Crippen LogP contribution in [0, 0.1) is 5.41 Å². The van der Waals surface area contributed by atoms with E-state index in [-0.39, 0.29) is 1.43 Å². The third-order valence-electron chi connectivity index (χ3n) is 3.83. The highest BCUT2D eigenvalue weighted by atomic mass is 15.2. The average Bonchev–Trinajstić information content (AvgIpc) is 2.72. The number of nitrogens with one attached hydrogen (secondary N) is 1. The molecule has 0 aromatic carbocycles. The van der Waals surface area contributed by atoms with Crippen LogP contribution >= 0.6 is 0 Å². The second-order valence-corrected chi connectivity index (χ2v) is 5.76. The molecule has 1 spiro atoms. The van der Waals surface area contributed by atoms with Crippen LogP contribution in [-0.4, -0.2) is 36.1 Å². The summed E-state index contributed by atoms with van der Waals surface area (Å²) in [4.78, 5) is 2.63. The van der Waals surface area contributed by atoms with E-state index in [0.29, 0.717) is 17.5 Å². The van der Waals surface area contributed by atoms with Gasteiger partial charge in [0.25, 0.3) is 0 Å². The maximum Gasteiger partial charge on any atom is 0.0266 e. The van der Waals surface area contributed by atoms with Crippen molar-refractivity contribution in [1.82, 2.24) is 10.2 Å². The Balaban J connectivity index is 0.00000112. The van der Waals surface area contributed by atoms with Crippen molar-refractivity contribution >= 4 is 0 Å². The highest BCUT2D eigenvalue weighted by molar-refractivity contribution is 5.10. The molecule has 1 N–H and O–H groups in total. The molecule has 0 aromatic rings. The first kappa shape index (κ1) is 10.4.